The van der Waals surface area contributed by atoms with Crippen molar-refractivity contribution in [1.82, 2.24) is 0 Å². The number of nitriles is 1. The zero-order valence-corrected chi connectivity index (χ0v) is 10.6. The van der Waals surface area contributed by atoms with Crippen molar-refractivity contribution >= 4 is 5.97 Å². The molecule has 0 radical (unpaired) electrons. The highest BCUT2D eigenvalue weighted by atomic mass is 16.6. The Bertz CT molecular complexity index is 373. The summed E-state index contributed by atoms with van der Waals surface area (Å²) in [5.74, 6) is -0.471. The van der Waals surface area contributed by atoms with Gasteiger partial charge in [-0.15, -0.1) is 0 Å². The molecule has 0 bridgehead atoms. The molecular formula is C12H17NO5. The Hall–Kier alpha value is -1.42. The molecule has 4 unspecified atom stereocenters. The lowest BCUT2D eigenvalue weighted by Gasteiger charge is -2.39. The van der Waals surface area contributed by atoms with Gasteiger partial charge in [-0.2, -0.15) is 5.26 Å². The average molecular weight is 255 g/mol. The molecule has 1 saturated carbocycles. The third kappa shape index (κ3) is 3.07. The standard InChI is InChI=1S/C12H17NO5/c1-7(14)18-9-6-10(16-2)12(17-3)11(15)8(9)4-5-13/h4,9-12,15H,6H2,1-3H3/b8-4-. The number of carbonyl (C=O) groups excluding carboxylic acids is 1. The van der Waals surface area contributed by atoms with Gasteiger partial charge in [-0.25, -0.2) is 0 Å². The molecule has 6 heteroatoms. The Labute approximate surface area is 106 Å². The van der Waals surface area contributed by atoms with Crippen LogP contribution in [0, 0.1) is 11.3 Å². The predicted octanol–water partition coefficient (Wildman–Crippen LogP) is 0.163. The van der Waals surface area contributed by atoms with Crippen molar-refractivity contribution in [3.8, 4) is 6.07 Å². The Balaban J connectivity index is 3.00. The van der Waals surface area contributed by atoms with Crippen LogP contribution in [0.2, 0.25) is 0 Å². The number of aliphatic hydroxyl groups is 1. The van der Waals surface area contributed by atoms with Crippen LogP contribution in [0.25, 0.3) is 0 Å². The molecular weight excluding hydrogens is 238 g/mol. The number of carbonyl (C=O) groups is 1. The van der Waals surface area contributed by atoms with Crippen molar-refractivity contribution in [3.05, 3.63) is 11.6 Å². The highest BCUT2D eigenvalue weighted by molar-refractivity contribution is 5.66. The van der Waals surface area contributed by atoms with Crippen LogP contribution in [0.3, 0.4) is 0 Å². The van der Waals surface area contributed by atoms with Crippen LogP contribution >= 0.6 is 0 Å². The normalized spacial score (nSPS) is 34.1. The van der Waals surface area contributed by atoms with Crippen LogP contribution < -0.4 is 0 Å². The zero-order valence-electron chi connectivity index (χ0n) is 10.6. The van der Waals surface area contributed by atoms with E-state index in [0.717, 1.165) is 0 Å². The van der Waals surface area contributed by atoms with Gasteiger partial charge in [0.1, 0.15) is 18.3 Å². The maximum atomic E-state index is 11.0. The van der Waals surface area contributed by atoms with Gasteiger partial charge in [0.05, 0.1) is 12.2 Å². The van der Waals surface area contributed by atoms with E-state index in [4.69, 9.17) is 19.5 Å². The maximum absolute atomic E-state index is 11.0. The fourth-order valence-electron chi connectivity index (χ4n) is 2.15. The van der Waals surface area contributed by atoms with Gasteiger partial charge < -0.3 is 19.3 Å². The van der Waals surface area contributed by atoms with E-state index in [1.54, 1.807) is 0 Å². The highest BCUT2D eigenvalue weighted by Crippen LogP contribution is 2.30. The largest absolute Gasteiger partial charge is 0.458 e. The number of hydrogen-bond acceptors (Lipinski definition) is 6. The first-order valence-electron chi connectivity index (χ1n) is 5.55. The number of hydrogen-bond donors (Lipinski definition) is 1. The molecule has 0 aromatic carbocycles. The van der Waals surface area contributed by atoms with Crippen LogP contribution in [0.4, 0.5) is 0 Å². The van der Waals surface area contributed by atoms with E-state index in [0.29, 0.717) is 12.0 Å². The molecule has 0 spiro atoms. The van der Waals surface area contributed by atoms with Crippen molar-refractivity contribution in [3.63, 3.8) is 0 Å². The molecule has 100 valence electrons. The molecule has 1 rings (SSSR count). The molecule has 0 aromatic heterocycles. The SMILES string of the molecule is COC1CC(OC(C)=O)/C(=C/C#N)C(O)C1OC. The summed E-state index contributed by atoms with van der Waals surface area (Å²) in [5, 5.41) is 18.8. The number of aliphatic hydroxyl groups excluding tert-OH is 1. The number of nitrogens with zero attached hydrogens (tertiary/aromatic N) is 1. The zero-order chi connectivity index (χ0) is 13.7. The number of rotatable bonds is 3. The van der Waals surface area contributed by atoms with Gasteiger partial charge in [0, 0.05) is 39.2 Å². The highest BCUT2D eigenvalue weighted by Gasteiger charge is 2.42. The van der Waals surface area contributed by atoms with Crippen LogP contribution in [0.15, 0.2) is 11.6 Å². The van der Waals surface area contributed by atoms with Gasteiger partial charge in [0.2, 0.25) is 0 Å². The molecule has 1 aliphatic carbocycles. The summed E-state index contributed by atoms with van der Waals surface area (Å²) in [6.07, 6.45) is -1.13. The second kappa shape index (κ2) is 6.50. The van der Waals surface area contributed by atoms with E-state index in [1.807, 2.05) is 6.07 Å². The topological polar surface area (TPSA) is 88.8 Å². The monoisotopic (exact) mass is 255 g/mol. The summed E-state index contributed by atoms with van der Waals surface area (Å²) in [5.41, 5.74) is 0.341. The molecule has 1 N–H and O–H groups in total. The lowest BCUT2D eigenvalue weighted by molar-refractivity contribution is -0.156. The van der Waals surface area contributed by atoms with E-state index >= 15 is 0 Å². The van der Waals surface area contributed by atoms with Crippen LogP contribution in [0.1, 0.15) is 13.3 Å². The summed E-state index contributed by atoms with van der Waals surface area (Å²) in [7, 11) is 2.95. The lowest BCUT2D eigenvalue weighted by atomic mass is 9.84. The van der Waals surface area contributed by atoms with E-state index in [-0.39, 0.29) is 0 Å². The molecule has 0 aliphatic heterocycles. The van der Waals surface area contributed by atoms with E-state index in [9.17, 15) is 9.90 Å². The predicted molar refractivity (Wildman–Crippen MR) is 61.5 cm³/mol. The molecule has 6 nitrogen and oxygen atoms in total. The van der Waals surface area contributed by atoms with Gasteiger partial charge in [0.25, 0.3) is 0 Å². The van der Waals surface area contributed by atoms with Gasteiger partial charge >= 0.3 is 5.97 Å². The Morgan fingerprint density at radius 1 is 1.50 bits per heavy atom. The van der Waals surface area contributed by atoms with Crippen molar-refractivity contribution in [2.75, 3.05) is 14.2 Å². The van der Waals surface area contributed by atoms with E-state index < -0.39 is 30.4 Å². The first kappa shape index (κ1) is 14.6. The summed E-state index contributed by atoms with van der Waals surface area (Å²) in [6, 6.07) is 1.84. The third-order valence-electron chi connectivity index (χ3n) is 2.95. The molecule has 0 aromatic rings. The minimum Gasteiger partial charge on any atom is -0.458 e. The number of ether oxygens (including phenoxy) is 3. The van der Waals surface area contributed by atoms with Crippen molar-refractivity contribution < 1.29 is 24.1 Å². The van der Waals surface area contributed by atoms with Crippen LogP contribution in [0.5, 0.6) is 0 Å². The van der Waals surface area contributed by atoms with Gasteiger partial charge in [-0.3, -0.25) is 4.79 Å². The smallest absolute Gasteiger partial charge is 0.303 e. The van der Waals surface area contributed by atoms with Crippen molar-refractivity contribution in [1.29, 1.82) is 5.26 Å². The fourth-order valence-corrected chi connectivity index (χ4v) is 2.15. The second-order valence-electron chi connectivity index (χ2n) is 4.03. The van der Waals surface area contributed by atoms with E-state index in [2.05, 4.69) is 0 Å². The fraction of sp³-hybridized carbons (Fsp3) is 0.667. The molecule has 1 aliphatic rings. The summed E-state index contributed by atoms with van der Waals surface area (Å²) in [4.78, 5) is 11.0. The third-order valence-corrected chi connectivity index (χ3v) is 2.95. The van der Waals surface area contributed by atoms with Gasteiger partial charge in [-0.05, 0) is 0 Å². The second-order valence-corrected chi connectivity index (χ2v) is 4.03. The first-order valence-corrected chi connectivity index (χ1v) is 5.55. The maximum Gasteiger partial charge on any atom is 0.303 e. The quantitative estimate of drug-likeness (QED) is 0.571. The molecule has 0 amide bonds. The summed E-state index contributed by atoms with van der Waals surface area (Å²) < 4.78 is 15.5. The number of methoxy groups -OCH3 is 2. The van der Waals surface area contributed by atoms with Crippen LogP contribution in [-0.2, 0) is 19.0 Å². The molecule has 4 atom stereocenters. The van der Waals surface area contributed by atoms with Gasteiger partial charge in [-0.1, -0.05) is 0 Å². The first-order chi connectivity index (χ1) is 8.54. The Morgan fingerprint density at radius 2 is 2.17 bits per heavy atom. The molecule has 0 heterocycles. The molecule has 1 fully saturated rings. The molecule has 0 saturated heterocycles. The number of allylic oxidation sites excluding steroid dienone is 1. The minimum absolute atomic E-state index is 0.341. The minimum atomic E-state index is -1.03. The molecule has 18 heavy (non-hydrogen) atoms. The number of esters is 1. The summed E-state index contributed by atoms with van der Waals surface area (Å²) in [6.45, 7) is 1.28. The Kier molecular flexibility index (Phi) is 5.28. The summed E-state index contributed by atoms with van der Waals surface area (Å²) >= 11 is 0. The lowest BCUT2D eigenvalue weighted by Crippen LogP contribution is -2.50. The van der Waals surface area contributed by atoms with Crippen molar-refractivity contribution in [2.24, 2.45) is 0 Å². The Morgan fingerprint density at radius 3 is 2.61 bits per heavy atom. The van der Waals surface area contributed by atoms with E-state index in [1.165, 1.54) is 27.2 Å². The van der Waals surface area contributed by atoms with Gasteiger partial charge in [0.15, 0.2) is 0 Å². The average Bonchev–Trinajstić information content (AvgIpc) is 2.32. The van der Waals surface area contributed by atoms with Crippen LogP contribution in [-0.4, -0.2) is 49.7 Å². The van der Waals surface area contributed by atoms with Crippen molar-refractivity contribution in [2.45, 2.75) is 37.8 Å².